The quantitative estimate of drug-likeness (QED) is 0.476. The van der Waals surface area contributed by atoms with E-state index in [0.717, 1.165) is 35.1 Å². The molecule has 0 aromatic heterocycles. The monoisotopic (exact) mass is 500 g/mol. The lowest BCUT2D eigenvalue weighted by molar-refractivity contribution is -0.135. The lowest BCUT2D eigenvalue weighted by Crippen LogP contribution is -2.40. The first-order chi connectivity index (χ1) is 16.4. The van der Waals surface area contributed by atoms with Crippen LogP contribution in [0.5, 0.6) is 11.5 Å². The molecule has 7 nitrogen and oxygen atoms in total. The van der Waals surface area contributed by atoms with Crippen LogP contribution >= 0.6 is 23.4 Å². The first-order valence-corrected chi connectivity index (χ1v) is 12.3. The lowest BCUT2D eigenvalue weighted by atomic mass is 10.1. The maximum Gasteiger partial charge on any atom is 0.294 e. The van der Waals surface area contributed by atoms with E-state index >= 15 is 0 Å². The molecule has 2 aliphatic heterocycles. The number of ether oxygens (including phenoxy) is 2. The summed E-state index contributed by atoms with van der Waals surface area (Å²) in [4.78, 5) is 40.6. The summed E-state index contributed by atoms with van der Waals surface area (Å²) in [7, 11) is 0. The van der Waals surface area contributed by atoms with E-state index in [0.29, 0.717) is 48.4 Å². The van der Waals surface area contributed by atoms with Gasteiger partial charge >= 0.3 is 0 Å². The van der Waals surface area contributed by atoms with Crippen LogP contribution < -0.4 is 9.47 Å². The van der Waals surface area contributed by atoms with Gasteiger partial charge in [-0.15, -0.1) is 0 Å². The normalized spacial score (nSPS) is 17.1. The molecule has 2 aliphatic rings. The molecule has 178 valence electrons. The summed E-state index contributed by atoms with van der Waals surface area (Å²) in [6.45, 7) is 3.80. The number of imide groups is 1. The molecular weight excluding hydrogens is 476 g/mol. The van der Waals surface area contributed by atoms with Gasteiger partial charge in [0.15, 0.2) is 11.5 Å². The standard InChI is InChI=1S/C25H25ClN2O5S/c1-2-32-21-13-18(7-10-20(21)33-16-17-5-8-19(26)9-6-17)14-22-24(30)28(25(31)34-22)15-23(29)27-11-3-4-12-27/h5-10,13-14H,2-4,11-12,15-16H2,1H3/b22-14+. The summed E-state index contributed by atoms with van der Waals surface area (Å²) in [5, 5.41) is 0.227. The van der Waals surface area contributed by atoms with Crippen LogP contribution in [0.15, 0.2) is 47.4 Å². The minimum Gasteiger partial charge on any atom is -0.490 e. The number of carbonyl (C=O) groups excluding carboxylic acids is 3. The predicted octanol–water partition coefficient (Wildman–Crippen LogP) is 4.98. The van der Waals surface area contributed by atoms with Gasteiger partial charge in [0.05, 0.1) is 11.5 Å². The summed E-state index contributed by atoms with van der Waals surface area (Å²) in [6.07, 6.45) is 3.54. The fraction of sp³-hybridized carbons (Fsp3) is 0.320. The molecular formula is C25H25ClN2O5S. The number of benzene rings is 2. The van der Waals surface area contributed by atoms with Gasteiger partial charge in [0, 0.05) is 18.1 Å². The molecule has 0 radical (unpaired) electrons. The highest BCUT2D eigenvalue weighted by atomic mass is 35.5. The number of hydrogen-bond donors (Lipinski definition) is 0. The zero-order chi connectivity index (χ0) is 24.1. The second-order valence-corrected chi connectivity index (χ2v) is 9.34. The zero-order valence-corrected chi connectivity index (χ0v) is 20.4. The molecule has 3 amide bonds. The summed E-state index contributed by atoms with van der Waals surface area (Å²) in [6, 6.07) is 12.7. The Labute approximate surface area is 207 Å². The third kappa shape index (κ3) is 5.74. The van der Waals surface area contributed by atoms with Crippen molar-refractivity contribution in [2.24, 2.45) is 0 Å². The Balaban J connectivity index is 1.46. The van der Waals surface area contributed by atoms with Crippen LogP contribution in [0.4, 0.5) is 4.79 Å². The van der Waals surface area contributed by atoms with Crippen molar-refractivity contribution in [3.8, 4) is 11.5 Å². The Morgan fingerprint density at radius 3 is 2.50 bits per heavy atom. The van der Waals surface area contributed by atoms with Gasteiger partial charge in [-0.05, 0) is 73.0 Å². The van der Waals surface area contributed by atoms with Crippen molar-refractivity contribution in [1.82, 2.24) is 9.80 Å². The van der Waals surface area contributed by atoms with E-state index in [1.54, 1.807) is 41.3 Å². The van der Waals surface area contributed by atoms with Crippen LogP contribution in [-0.4, -0.2) is 53.1 Å². The second kappa shape index (κ2) is 11.0. The Hall–Kier alpha value is -2.97. The number of likely N-dealkylation sites (tertiary alicyclic amines) is 1. The smallest absolute Gasteiger partial charge is 0.294 e. The molecule has 0 N–H and O–H groups in total. The van der Waals surface area contributed by atoms with Crippen molar-refractivity contribution < 1.29 is 23.9 Å². The molecule has 2 heterocycles. The molecule has 34 heavy (non-hydrogen) atoms. The van der Waals surface area contributed by atoms with E-state index < -0.39 is 11.1 Å². The summed E-state index contributed by atoms with van der Waals surface area (Å²) in [5.41, 5.74) is 1.66. The molecule has 0 spiro atoms. The topological polar surface area (TPSA) is 76.2 Å². The zero-order valence-electron chi connectivity index (χ0n) is 18.8. The minimum absolute atomic E-state index is 0.193. The van der Waals surface area contributed by atoms with Gasteiger partial charge < -0.3 is 14.4 Å². The number of carbonyl (C=O) groups is 3. The Kier molecular flexibility index (Phi) is 7.80. The van der Waals surface area contributed by atoms with E-state index in [4.69, 9.17) is 21.1 Å². The highest BCUT2D eigenvalue weighted by molar-refractivity contribution is 8.18. The van der Waals surface area contributed by atoms with Crippen LogP contribution in [-0.2, 0) is 16.2 Å². The Morgan fingerprint density at radius 2 is 1.79 bits per heavy atom. The number of rotatable bonds is 8. The maximum atomic E-state index is 12.8. The molecule has 2 aromatic rings. The molecule has 0 aliphatic carbocycles. The number of amides is 3. The summed E-state index contributed by atoms with van der Waals surface area (Å²) in [5.74, 6) is 0.456. The predicted molar refractivity (Wildman–Crippen MR) is 132 cm³/mol. The first-order valence-electron chi connectivity index (χ1n) is 11.1. The molecule has 9 heteroatoms. The Morgan fingerprint density at radius 1 is 1.06 bits per heavy atom. The van der Waals surface area contributed by atoms with Crippen molar-refractivity contribution >= 4 is 46.5 Å². The van der Waals surface area contributed by atoms with E-state index in [1.807, 2.05) is 19.1 Å². The van der Waals surface area contributed by atoms with Crippen LogP contribution in [0.3, 0.4) is 0 Å². The van der Waals surface area contributed by atoms with Crippen molar-refractivity contribution in [3.05, 3.63) is 63.5 Å². The van der Waals surface area contributed by atoms with E-state index in [9.17, 15) is 14.4 Å². The maximum absolute atomic E-state index is 12.8. The van der Waals surface area contributed by atoms with Crippen molar-refractivity contribution in [2.45, 2.75) is 26.4 Å². The SMILES string of the molecule is CCOc1cc(/C=C2/SC(=O)N(CC(=O)N3CCCC3)C2=O)ccc1OCc1ccc(Cl)cc1. The second-order valence-electron chi connectivity index (χ2n) is 7.91. The van der Waals surface area contributed by atoms with Gasteiger partial charge in [-0.3, -0.25) is 19.3 Å². The van der Waals surface area contributed by atoms with Gasteiger partial charge in [-0.2, -0.15) is 0 Å². The van der Waals surface area contributed by atoms with Crippen LogP contribution in [0.2, 0.25) is 5.02 Å². The van der Waals surface area contributed by atoms with Crippen molar-refractivity contribution in [3.63, 3.8) is 0 Å². The van der Waals surface area contributed by atoms with Crippen LogP contribution in [0, 0.1) is 0 Å². The first kappa shape index (κ1) is 24.2. The third-order valence-corrected chi connectivity index (χ3v) is 6.66. The van der Waals surface area contributed by atoms with E-state index in [2.05, 4.69) is 0 Å². The van der Waals surface area contributed by atoms with Gasteiger partial charge in [0.2, 0.25) is 5.91 Å². The van der Waals surface area contributed by atoms with Crippen molar-refractivity contribution in [2.75, 3.05) is 26.2 Å². The molecule has 0 atom stereocenters. The van der Waals surface area contributed by atoms with Gasteiger partial charge in [0.1, 0.15) is 13.2 Å². The molecule has 2 saturated heterocycles. The van der Waals surface area contributed by atoms with Gasteiger partial charge in [-0.1, -0.05) is 29.8 Å². The van der Waals surface area contributed by atoms with E-state index in [1.165, 1.54) is 0 Å². The lowest BCUT2D eigenvalue weighted by Gasteiger charge is -2.18. The fourth-order valence-corrected chi connectivity index (χ4v) is 4.70. The number of hydrogen-bond acceptors (Lipinski definition) is 6. The number of thioether (sulfide) groups is 1. The molecule has 2 fully saturated rings. The average Bonchev–Trinajstić information content (AvgIpc) is 3.45. The minimum atomic E-state index is -0.455. The summed E-state index contributed by atoms with van der Waals surface area (Å²) >= 11 is 6.77. The van der Waals surface area contributed by atoms with Crippen LogP contribution in [0.25, 0.3) is 6.08 Å². The van der Waals surface area contributed by atoms with Gasteiger partial charge in [-0.25, -0.2) is 0 Å². The molecule has 0 unspecified atom stereocenters. The van der Waals surface area contributed by atoms with Gasteiger partial charge in [0.25, 0.3) is 11.1 Å². The number of nitrogens with zero attached hydrogens (tertiary/aromatic N) is 2. The summed E-state index contributed by atoms with van der Waals surface area (Å²) < 4.78 is 11.7. The molecule has 2 aromatic carbocycles. The molecule has 0 bridgehead atoms. The van der Waals surface area contributed by atoms with Crippen LogP contribution in [0.1, 0.15) is 30.9 Å². The van der Waals surface area contributed by atoms with E-state index in [-0.39, 0.29) is 17.4 Å². The average molecular weight is 501 g/mol. The van der Waals surface area contributed by atoms with Crippen molar-refractivity contribution in [1.29, 1.82) is 0 Å². The molecule has 0 saturated carbocycles. The Bertz CT molecular complexity index is 1110. The largest absolute Gasteiger partial charge is 0.490 e. The highest BCUT2D eigenvalue weighted by Gasteiger charge is 2.37. The molecule has 4 rings (SSSR count). The number of halogens is 1. The highest BCUT2D eigenvalue weighted by Crippen LogP contribution is 2.35. The third-order valence-electron chi connectivity index (χ3n) is 5.50. The fourth-order valence-electron chi connectivity index (χ4n) is 3.73.